The van der Waals surface area contributed by atoms with Gasteiger partial charge >= 0.3 is 23.9 Å². The minimum absolute atomic E-state index is 0.361. The standard InChI is InChI=1S/C23H21Cl2N5O.C22H19Cl2N3O2.C21H17Cl2N3O.C19H14Cl2N4.C4F6O2/c24-17-2-3-18(20(25)10-17)19-14-30-21(13-28-23(30)9-16(19)11-26)15-1-4-22(27-12-15)29-5-7-31-8-6-29;1-28-16-5-13(6-17(9-16)29-2)21-11-26-22-7-14(10-25)19(12-27(21)22)18-4-3-15(23)8-20(18)24;1-27-20-5-3-2-4-16(20)19-11-25-21-8-13(10-24)17(12-26(19)21)15-7-6-14(22)9-18(15)23;20-14-3-4-15(17(21)7-14)16-11-25-18(12-2-1-5-23-9-12)10-24-19(25)6-13(16)8-22;5-3(6,7)1(11)2(12)4(8,9)10/h1-4,9-10,12-14H,5-8,11,26H2;3-9,11-12H,10,25H2,1-2H3;2-9,11-12H,10,24H2,1H3;1-7,9-11H,8,22H2;. The predicted octanol–water partition coefficient (Wildman–Crippen LogP) is 21.6. The van der Waals surface area contributed by atoms with Crippen molar-refractivity contribution >= 4 is 133 Å². The lowest BCUT2D eigenvalue weighted by Gasteiger charge is -2.27. The van der Waals surface area contributed by atoms with Gasteiger partial charge in [-0.25, -0.2) is 24.9 Å². The Morgan fingerprint density at radius 1 is 0.379 bits per heavy atom. The molecule has 0 aliphatic carbocycles. The number of imidazole rings is 4. The van der Waals surface area contributed by atoms with Crippen molar-refractivity contribution < 1.29 is 54.9 Å². The lowest BCUT2D eigenvalue weighted by molar-refractivity contribution is -0.193. The molecule has 0 atom stereocenters. The SMILES string of the molecule is COc1cc(OC)cc(-c2cnc3cc(CN)c(-c4ccc(Cl)cc4Cl)cn23)c1.COc1ccccc1-c1cnc2cc(CN)c(-c3ccc(Cl)cc3Cl)cn12.NCc1cc2ncc(-c3ccc(N4CCOCC4)nc3)n2cc1-c1ccc(Cl)cc1Cl.NCc1cc2ncc(-c3cccnc3)n2cc1-c1ccc(Cl)cc1Cl.O=C(C(=O)C(F)(F)F)C(F)(F)F. The van der Waals surface area contributed by atoms with Crippen LogP contribution in [0.4, 0.5) is 32.2 Å². The summed E-state index contributed by atoms with van der Waals surface area (Å²) in [5, 5.41) is 4.69. The molecule has 16 aromatic rings. The van der Waals surface area contributed by atoms with Crippen molar-refractivity contribution in [2.45, 2.75) is 38.5 Å². The number of fused-ring (bicyclic) bond motifs is 4. The number of nitrogens with zero attached hydrogens (tertiary/aromatic N) is 11. The maximum absolute atomic E-state index is 11.2. The molecular formula is C89H71Cl8F6N15O6. The van der Waals surface area contributed by atoms with Gasteiger partial charge in [0, 0.05) is 196 Å². The van der Waals surface area contributed by atoms with E-state index < -0.39 is 23.9 Å². The number of ketones is 2. The zero-order chi connectivity index (χ0) is 88.4. The lowest BCUT2D eigenvalue weighted by Crippen LogP contribution is -2.39. The van der Waals surface area contributed by atoms with Gasteiger partial charge in [0.2, 0.25) is 0 Å². The summed E-state index contributed by atoms with van der Waals surface area (Å²) in [4.78, 5) is 48.5. The summed E-state index contributed by atoms with van der Waals surface area (Å²) in [7, 11) is 4.91. The third-order valence-electron chi connectivity index (χ3n) is 19.8. The van der Waals surface area contributed by atoms with Crippen LogP contribution in [0.2, 0.25) is 40.2 Å². The van der Waals surface area contributed by atoms with Crippen molar-refractivity contribution in [1.82, 2.24) is 47.5 Å². The van der Waals surface area contributed by atoms with Crippen molar-refractivity contribution in [3.63, 3.8) is 0 Å². The van der Waals surface area contributed by atoms with E-state index in [2.05, 4.69) is 40.9 Å². The highest BCUT2D eigenvalue weighted by atomic mass is 35.5. The Morgan fingerprint density at radius 3 is 1.07 bits per heavy atom. The molecule has 17 rings (SSSR count). The summed E-state index contributed by atoms with van der Waals surface area (Å²) < 4.78 is 96.8. The summed E-state index contributed by atoms with van der Waals surface area (Å²) in [5.41, 5.74) is 46.0. The van der Waals surface area contributed by atoms with E-state index in [0.717, 1.165) is 172 Å². The summed E-state index contributed by atoms with van der Waals surface area (Å²) in [6.07, 6.45) is 9.31. The number of nitrogens with two attached hydrogens (primary N) is 4. The van der Waals surface area contributed by atoms with E-state index in [4.69, 9.17) is 135 Å². The van der Waals surface area contributed by atoms with Gasteiger partial charge in [-0.2, -0.15) is 26.3 Å². The summed E-state index contributed by atoms with van der Waals surface area (Å²) >= 11 is 50.1. The number of anilines is 1. The van der Waals surface area contributed by atoms with E-state index in [9.17, 15) is 35.9 Å². The van der Waals surface area contributed by atoms with Crippen LogP contribution >= 0.6 is 92.8 Å². The molecule has 1 saturated heterocycles. The molecule has 0 bridgehead atoms. The average Bonchev–Trinajstić information content (AvgIpc) is 1.59. The molecule has 0 amide bonds. The molecule has 0 spiro atoms. The zero-order valence-corrected chi connectivity index (χ0v) is 71.6. The highest BCUT2D eigenvalue weighted by Gasteiger charge is 2.54. The van der Waals surface area contributed by atoms with Gasteiger partial charge in [-0.1, -0.05) is 129 Å². The van der Waals surface area contributed by atoms with Crippen LogP contribution < -0.4 is 42.0 Å². The number of aromatic nitrogens is 10. The van der Waals surface area contributed by atoms with Crippen LogP contribution in [0.1, 0.15) is 22.3 Å². The zero-order valence-electron chi connectivity index (χ0n) is 65.6. The van der Waals surface area contributed by atoms with Gasteiger partial charge < -0.3 is 46.8 Å². The van der Waals surface area contributed by atoms with E-state index in [0.29, 0.717) is 77.9 Å². The molecule has 10 aromatic heterocycles. The number of hydrogen-bond acceptors (Lipinski definition) is 17. The molecule has 6 aromatic carbocycles. The Bertz CT molecular complexity index is 6560. The number of pyridine rings is 6. The summed E-state index contributed by atoms with van der Waals surface area (Å²) in [6, 6.07) is 51.4. The Kier molecular flexibility index (Phi) is 28.9. The molecule has 1 aliphatic rings. The highest BCUT2D eigenvalue weighted by molar-refractivity contribution is 6.41. The van der Waals surface area contributed by atoms with Gasteiger partial charge in [-0.15, -0.1) is 0 Å². The fourth-order valence-electron chi connectivity index (χ4n) is 13.7. The van der Waals surface area contributed by atoms with E-state index in [-0.39, 0.29) is 0 Å². The largest absolute Gasteiger partial charge is 0.497 e. The number of carbonyl (C=O) groups is 2. The molecule has 21 nitrogen and oxygen atoms in total. The monoisotopic (exact) mass is 1840 g/mol. The number of morpholine rings is 1. The van der Waals surface area contributed by atoms with Crippen molar-refractivity contribution in [3.8, 4) is 107 Å². The molecule has 636 valence electrons. The predicted molar refractivity (Wildman–Crippen MR) is 476 cm³/mol. The van der Waals surface area contributed by atoms with Gasteiger partial charge in [0.1, 0.15) is 45.7 Å². The van der Waals surface area contributed by atoms with Crippen LogP contribution in [0.25, 0.3) is 112 Å². The third-order valence-corrected chi connectivity index (χ3v) is 22.0. The average molecular weight is 1840 g/mol. The molecule has 8 N–H and O–H groups in total. The van der Waals surface area contributed by atoms with Crippen LogP contribution in [0, 0.1) is 0 Å². The number of halogens is 14. The van der Waals surface area contributed by atoms with Crippen molar-refractivity contribution in [2.24, 2.45) is 22.9 Å². The fraction of sp³-hybridized carbons (Fsp3) is 0.146. The van der Waals surface area contributed by atoms with Crippen LogP contribution in [-0.2, 0) is 40.5 Å². The van der Waals surface area contributed by atoms with Crippen LogP contribution in [0.15, 0.2) is 232 Å². The van der Waals surface area contributed by atoms with Gasteiger partial charge in [0.25, 0.3) is 0 Å². The maximum Gasteiger partial charge on any atom is 0.458 e. The Hall–Kier alpha value is -11.4. The van der Waals surface area contributed by atoms with Crippen molar-refractivity contribution in [1.29, 1.82) is 0 Å². The first kappa shape index (κ1) is 90.3. The van der Waals surface area contributed by atoms with Gasteiger partial charge in [0.05, 0.1) is 82.1 Å². The van der Waals surface area contributed by atoms with Crippen molar-refractivity contribution in [3.05, 3.63) is 294 Å². The highest BCUT2D eigenvalue weighted by Crippen LogP contribution is 2.42. The minimum Gasteiger partial charge on any atom is -0.497 e. The second-order valence-electron chi connectivity index (χ2n) is 27.4. The number of ether oxygens (including phenoxy) is 4. The molecule has 1 aliphatic heterocycles. The Labute approximate surface area is 745 Å². The lowest BCUT2D eigenvalue weighted by atomic mass is 10.0. The quantitative estimate of drug-likeness (QED) is 0.0487. The fourth-order valence-corrected chi connectivity index (χ4v) is 15.7. The number of benzene rings is 6. The number of hydrogen-bond donors (Lipinski definition) is 4. The Morgan fingerprint density at radius 2 is 0.742 bits per heavy atom. The number of rotatable bonds is 17. The molecule has 11 heterocycles. The molecule has 0 unspecified atom stereocenters. The topological polar surface area (TPSA) is 273 Å². The molecular weight excluding hydrogens is 1770 g/mol. The van der Waals surface area contributed by atoms with Crippen molar-refractivity contribution in [2.75, 3.05) is 52.5 Å². The molecule has 35 heteroatoms. The molecule has 0 radical (unpaired) electrons. The summed E-state index contributed by atoms with van der Waals surface area (Å²) in [6.45, 7) is 4.68. The smallest absolute Gasteiger partial charge is 0.458 e. The number of carbonyl (C=O) groups excluding carboxylic acids is 2. The number of Topliss-reactive ketones (excluding diaryl/α,β-unsaturated/α-hetero) is 2. The first-order valence-electron chi connectivity index (χ1n) is 37.4. The van der Waals surface area contributed by atoms with Crippen LogP contribution in [0.5, 0.6) is 17.2 Å². The number of alkyl halides is 6. The van der Waals surface area contributed by atoms with Gasteiger partial charge in [0.15, 0.2) is 0 Å². The van der Waals surface area contributed by atoms with E-state index in [1.165, 1.54) is 0 Å². The van der Waals surface area contributed by atoms with Crippen LogP contribution in [-0.4, -0.2) is 119 Å². The van der Waals surface area contributed by atoms with E-state index in [1.807, 2.05) is 213 Å². The number of para-hydroxylation sites is 1. The first-order chi connectivity index (χ1) is 59.5. The van der Waals surface area contributed by atoms with E-state index >= 15 is 0 Å². The molecule has 124 heavy (non-hydrogen) atoms. The molecule has 0 saturated carbocycles. The van der Waals surface area contributed by atoms with Gasteiger partial charge in [-0.05, 0) is 144 Å². The number of methoxy groups -OCH3 is 3. The molecule has 1 fully saturated rings. The second-order valence-corrected chi connectivity index (χ2v) is 30.7. The first-order valence-corrected chi connectivity index (χ1v) is 40.5. The Balaban J connectivity index is 0.000000136. The minimum atomic E-state index is -5.77. The van der Waals surface area contributed by atoms with Gasteiger partial charge in [-0.3, -0.25) is 32.2 Å². The van der Waals surface area contributed by atoms with Crippen LogP contribution in [0.3, 0.4) is 0 Å². The third kappa shape index (κ3) is 20.3. The normalized spacial score (nSPS) is 12.1. The van der Waals surface area contributed by atoms with E-state index in [1.54, 1.807) is 51.8 Å². The summed E-state index contributed by atoms with van der Waals surface area (Å²) in [5.74, 6) is -3.67. The second kappa shape index (κ2) is 39.6. The maximum atomic E-state index is 11.2.